The summed E-state index contributed by atoms with van der Waals surface area (Å²) in [6.45, 7) is 1.10. The van der Waals surface area contributed by atoms with Crippen molar-refractivity contribution in [3.63, 3.8) is 0 Å². The first kappa shape index (κ1) is 17.8. The molecule has 2 aromatic rings. The first-order valence-electron chi connectivity index (χ1n) is 7.80. The van der Waals surface area contributed by atoms with Crippen LogP contribution < -0.4 is 0 Å². The molecule has 132 valence electrons. The molecule has 0 bridgehead atoms. The summed E-state index contributed by atoms with van der Waals surface area (Å²) in [5.74, 6) is 0.391. The largest absolute Gasteiger partial charge is 0.273 e. The molecule has 25 heavy (non-hydrogen) atoms. The molecule has 1 aromatic heterocycles. The molecule has 9 heteroatoms. The van der Waals surface area contributed by atoms with E-state index in [0.29, 0.717) is 29.4 Å². The molecule has 3 rings (SSSR count). The summed E-state index contributed by atoms with van der Waals surface area (Å²) >= 11 is 1.33. The van der Waals surface area contributed by atoms with Crippen molar-refractivity contribution in [3.05, 3.63) is 58.3 Å². The van der Waals surface area contributed by atoms with Crippen molar-refractivity contribution < 1.29 is 13.3 Å². The molecule has 1 fully saturated rings. The number of nitro groups is 1. The molecule has 0 atom stereocenters. The van der Waals surface area contributed by atoms with Crippen LogP contribution in [0, 0.1) is 10.1 Å². The van der Waals surface area contributed by atoms with Gasteiger partial charge >= 0.3 is 0 Å². The number of rotatable bonds is 6. The number of sulfonamides is 1. The predicted octanol–water partition coefficient (Wildman–Crippen LogP) is 3.07. The highest BCUT2D eigenvalue weighted by molar-refractivity contribution is 7.98. The van der Waals surface area contributed by atoms with E-state index in [0.717, 1.165) is 12.8 Å². The molecule has 0 saturated carbocycles. The third kappa shape index (κ3) is 4.00. The maximum absolute atomic E-state index is 12.4. The van der Waals surface area contributed by atoms with E-state index >= 15 is 0 Å². The molecule has 1 aromatic carbocycles. The third-order valence-electron chi connectivity index (χ3n) is 3.98. The highest BCUT2D eigenvalue weighted by atomic mass is 32.2. The lowest BCUT2D eigenvalue weighted by Gasteiger charge is -2.15. The minimum Gasteiger partial charge on any atom is -0.258 e. The van der Waals surface area contributed by atoms with Gasteiger partial charge in [0.15, 0.2) is 0 Å². The van der Waals surface area contributed by atoms with Gasteiger partial charge in [-0.1, -0.05) is 18.2 Å². The number of nitrogens with zero attached hydrogens (tertiary/aromatic N) is 3. The van der Waals surface area contributed by atoms with E-state index in [1.54, 1.807) is 30.3 Å². The molecule has 0 radical (unpaired) electrons. The van der Waals surface area contributed by atoms with Crippen LogP contribution >= 0.6 is 11.8 Å². The Kier molecular flexibility index (Phi) is 5.36. The third-order valence-corrected chi connectivity index (χ3v) is 6.85. The quantitative estimate of drug-likeness (QED) is 0.435. The van der Waals surface area contributed by atoms with Crippen LogP contribution in [0.15, 0.2) is 52.5 Å². The van der Waals surface area contributed by atoms with E-state index in [9.17, 15) is 18.5 Å². The second-order valence-corrected chi connectivity index (χ2v) is 8.55. The summed E-state index contributed by atoms with van der Waals surface area (Å²) in [5.41, 5.74) is 0.677. The second-order valence-electron chi connectivity index (χ2n) is 5.62. The fraction of sp³-hybridized carbons (Fsp3) is 0.312. The number of hydrogen-bond donors (Lipinski definition) is 0. The second kappa shape index (κ2) is 7.51. The topological polar surface area (TPSA) is 93.4 Å². The minimum atomic E-state index is -3.47. The summed E-state index contributed by atoms with van der Waals surface area (Å²) in [6, 6.07) is 9.74. The van der Waals surface area contributed by atoms with E-state index in [1.807, 2.05) is 0 Å². The van der Waals surface area contributed by atoms with E-state index < -0.39 is 14.9 Å². The molecule has 1 aliphatic rings. The maximum Gasteiger partial charge on any atom is 0.273 e. The van der Waals surface area contributed by atoms with Gasteiger partial charge in [0.05, 0.1) is 9.95 Å². The molecular weight excluding hydrogens is 362 g/mol. The number of para-hydroxylation sites is 1. The Balaban J connectivity index is 1.70. The Labute approximate surface area is 150 Å². The molecular formula is C16H17N3O4S2. The van der Waals surface area contributed by atoms with Crippen molar-refractivity contribution in [3.8, 4) is 0 Å². The summed E-state index contributed by atoms with van der Waals surface area (Å²) in [5, 5.41) is 11.6. The number of nitro benzene ring substituents is 1. The minimum absolute atomic E-state index is 0.0724. The van der Waals surface area contributed by atoms with Crippen LogP contribution in [0.5, 0.6) is 0 Å². The summed E-state index contributed by atoms with van der Waals surface area (Å²) in [4.78, 5) is 15.0. The average molecular weight is 379 g/mol. The molecule has 2 heterocycles. The Morgan fingerprint density at radius 1 is 1.16 bits per heavy atom. The zero-order chi connectivity index (χ0) is 17.9. The molecule has 0 spiro atoms. The van der Waals surface area contributed by atoms with Crippen molar-refractivity contribution in [2.24, 2.45) is 0 Å². The molecule has 1 saturated heterocycles. The Hall–Kier alpha value is -1.97. The van der Waals surface area contributed by atoms with Crippen molar-refractivity contribution in [2.45, 2.75) is 28.5 Å². The van der Waals surface area contributed by atoms with E-state index in [1.165, 1.54) is 28.3 Å². The molecule has 0 aliphatic carbocycles. The normalized spacial score (nSPS) is 15.4. The van der Waals surface area contributed by atoms with E-state index in [4.69, 9.17) is 0 Å². The predicted molar refractivity (Wildman–Crippen MR) is 94.9 cm³/mol. The van der Waals surface area contributed by atoms with Gasteiger partial charge in [-0.2, -0.15) is 4.31 Å². The van der Waals surface area contributed by atoms with Gasteiger partial charge in [-0.05, 0) is 25.0 Å². The SMILES string of the molecule is O=[N+]([O-])c1ccccc1CSc1ccc(S(=O)(=O)N2CCCC2)cn1. The Morgan fingerprint density at radius 3 is 2.52 bits per heavy atom. The van der Waals surface area contributed by atoms with E-state index in [-0.39, 0.29) is 10.6 Å². The van der Waals surface area contributed by atoms with Gasteiger partial charge < -0.3 is 0 Å². The lowest BCUT2D eigenvalue weighted by Crippen LogP contribution is -2.27. The molecule has 1 aliphatic heterocycles. The smallest absolute Gasteiger partial charge is 0.258 e. The lowest BCUT2D eigenvalue weighted by atomic mass is 10.2. The zero-order valence-electron chi connectivity index (χ0n) is 13.4. The van der Waals surface area contributed by atoms with Gasteiger partial charge in [0, 0.05) is 36.7 Å². The van der Waals surface area contributed by atoms with Crippen LogP contribution in [0.1, 0.15) is 18.4 Å². The standard InChI is InChI=1S/C16H17N3O4S2/c20-19(21)15-6-2-1-5-13(15)12-24-16-8-7-14(11-17-16)25(22,23)18-9-3-4-10-18/h1-2,5-8,11H,3-4,9-10,12H2. The number of aromatic nitrogens is 1. The molecule has 0 amide bonds. The Bertz CT molecular complexity index is 863. The van der Waals surface area contributed by atoms with Crippen molar-refractivity contribution >= 4 is 27.5 Å². The maximum atomic E-state index is 12.4. The number of benzene rings is 1. The van der Waals surface area contributed by atoms with Crippen LogP contribution in [0.2, 0.25) is 0 Å². The van der Waals surface area contributed by atoms with Gasteiger partial charge in [0.2, 0.25) is 10.0 Å². The summed E-state index contributed by atoms with van der Waals surface area (Å²) in [7, 11) is -3.47. The average Bonchev–Trinajstić information content (AvgIpc) is 3.16. The molecule has 0 N–H and O–H groups in total. The first-order valence-corrected chi connectivity index (χ1v) is 10.2. The monoisotopic (exact) mass is 379 g/mol. The highest BCUT2D eigenvalue weighted by Crippen LogP contribution is 2.28. The number of thioether (sulfide) groups is 1. The first-order chi connectivity index (χ1) is 12.0. The zero-order valence-corrected chi connectivity index (χ0v) is 15.0. The van der Waals surface area contributed by atoms with Crippen LogP contribution in [0.25, 0.3) is 0 Å². The van der Waals surface area contributed by atoms with Gasteiger partial charge in [-0.25, -0.2) is 13.4 Å². The van der Waals surface area contributed by atoms with Crippen molar-refractivity contribution in [2.75, 3.05) is 13.1 Å². The van der Waals surface area contributed by atoms with Gasteiger partial charge in [-0.3, -0.25) is 10.1 Å². The van der Waals surface area contributed by atoms with Crippen molar-refractivity contribution in [1.29, 1.82) is 0 Å². The molecule has 7 nitrogen and oxygen atoms in total. The van der Waals surface area contributed by atoms with E-state index in [2.05, 4.69) is 4.98 Å². The summed E-state index contributed by atoms with van der Waals surface area (Å²) < 4.78 is 26.4. The lowest BCUT2D eigenvalue weighted by molar-refractivity contribution is -0.385. The van der Waals surface area contributed by atoms with Crippen LogP contribution in [0.4, 0.5) is 5.69 Å². The fourth-order valence-corrected chi connectivity index (χ4v) is 4.95. The fourth-order valence-electron chi connectivity index (χ4n) is 2.64. The van der Waals surface area contributed by atoms with Crippen molar-refractivity contribution in [1.82, 2.24) is 9.29 Å². The van der Waals surface area contributed by atoms with Gasteiger partial charge in [-0.15, -0.1) is 11.8 Å². The Morgan fingerprint density at radius 2 is 1.88 bits per heavy atom. The highest BCUT2D eigenvalue weighted by Gasteiger charge is 2.27. The molecule has 0 unspecified atom stereocenters. The van der Waals surface area contributed by atoms with Crippen LogP contribution in [-0.2, 0) is 15.8 Å². The van der Waals surface area contributed by atoms with Crippen LogP contribution in [0.3, 0.4) is 0 Å². The van der Waals surface area contributed by atoms with Crippen LogP contribution in [-0.4, -0.2) is 35.7 Å². The summed E-state index contributed by atoms with van der Waals surface area (Å²) in [6.07, 6.45) is 3.13. The van der Waals surface area contributed by atoms with Gasteiger partial charge in [0.1, 0.15) is 4.90 Å². The number of pyridine rings is 1. The van der Waals surface area contributed by atoms with Gasteiger partial charge in [0.25, 0.3) is 5.69 Å². The number of hydrogen-bond acceptors (Lipinski definition) is 6.